The van der Waals surface area contributed by atoms with E-state index in [9.17, 15) is 4.79 Å². The third kappa shape index (κ3) is 3.92. The number of hydrogen-bond acceptors (Lipinski definition) is 7. The van der Waals surface area contributed by atoms with E-state index in [2.05, 4.69) is 36.3 Å². The summed E-state index contributed by atoms with van der Waals surface area (Å²) in [5, 5.41) is 12.7. The first-order valence-electron chi connectivity index (χ1n) is 9.88. The Bertz CT molecular complexity index is 1450. The Morgan fingerprint density at radius 2 is 1.94 bits per heavy atom. The predicted molar refractivity (Wildman–Crippen MR) is 120 cm³/mol. The maximum absolute atomic E-state index is 13.0. The Labute approximate surface area is 190 Å². The van der Waals surface area contributed by atoms with Crippen molar-refractivity contribution in [3.8, 4) is 28.4 Å². The molecule has 0 unspecified atom stereocenters. The van der Waals surface area contributed by atoms with Gasteiger partial charge in [0.1, 0.15) is 24.1 Å². The summed E-state index contributed by atoms with van der Waals surface area (Å²) in [5.41, 5.74) is 2.45. The van der Waals surface area contributed by atoms with E-state index < -0.39 is 0 Å². The zero-order valence-electron chi connectivity index (χ0n) is 17.0. The van der Waals surface area contributed by atoms with Crippen molar-refractivity contribution in [2.24, 2.45) is 0 Å². The van der Waals surface area contributed by atoms with Gasteiger partial charge in [0.25, 0.3) is 5.56 Å². The summed E-state index contributed by atoms with van der Waals surface area (Å²) in [7, 11) is 0. The van der Waals surface area contributed by atoms with E-state index in [1.807, 2.05) is 55.5 Å². The van der Waals surface area contributed by atoms with E-state index in [4.69, 9.17) is 9.26 Å². The number of benzene rings is 2. The van der Waals surface area contributed by atoms with Crippen molar-refractivity contribution >= 4 is 21.4 Å². The molecule has 160 valence electrons. The summed E-state index contributed by atoms with van der Waals surface area (Å²) in [4.78, 5) is 17.3. The topological polar surface area (TPSA) is 100 Å². The molecular weight excluding hydrogens is 476 g/mol. The zero-order chi connectivity index (χ0) is 22.1. The minimum absolute atomic E-state index is 0.0479. The number of halogens is 1. The molecule has 0 aliphatic rings. The highest BCUT2D eigenvalue weighted by atomic mass is 79.9. The summed E-state index contributed by atoms with van der Waals surface area (Å²) in [5.74, 6) is 1.41. The molecule has 0 saturated carbocycles. The monoisotopic (exact) mass is 492 g/mol. The number of hydrogen-bond donors (Lipinski definition) is 0. The highest BCUT2D eigenvalue weighted by Crippen LogP contribution is 2.22. The van der Waals surface area contributed by atoms with Gasteiger partial charge in [-0.1, -0.05) is 45.4 Å². The average Bonchev–Trinajstić information content (AvgIpc) is 3.45. The molecule has 5 rings (SSSR count). The van der Waals surface area contributed by atoms with Crippen LogP contribution in [0.2, 0.25) is 0 Å². The summed E-state index contributed by atoms with van der Waals surface area (Å²) < 4.78 is 14.6. The highest BCUT2D eigenvalue weighted by Gasteiger charge is 2.14. The molecule has 5 aromatic rings. The number of nitrogens with zero attached hydrogens (tertiary/aromatic N) is 6. The second-order valence-corrected chi connectivity index (χ2v) is 7.85. The van der Waals surface area contributed by atoms with E-state index in [1.165, 1.54) is 15.5 Å². The fourth-order valence-corrected chi connectivity index (χ4v) is 3.53. The van der Waals surface area contributed by atoms with Crippen LogP contribution in [0.5, 0.6) is 5.75 Å². The van der Waals surface area contributed by atoms with Crippen molar-refractivity contribution in [1.82, 2.24) is 29.5 Å². The standard InChI is InChI=1S/C22H17BrN6O3/c1-2-31-17-5-3-4-15(10-17)21-25-20(32-27-21)12-28-22(30)19-11-18(26-29(19)13-24-28)14-6-8-16(23)9-7-14/h3-11,13H,2,12H2,1H3. The van der Waals surface area contributed by atoms with E-state index >= 15 is 0 Å². The van der Waals surface area contributed by atoms with Crippen molar-refractivity contribution in [2.45, 2.75) is 13.5 Å². The molecule has 0 bridgehead atoms. The summed E-state index contributed by atoms with van der Waals surface area (Å²) in [6, 6.07) is 16.9. The van der Waals surface area contributed by atoms with Crippen LogP contribution < -0.4 is 10.3 Å². The Balaban J connectivity index is 1.42. The fraction of sp³-hybridized carbons (Fsp3) is 0.136. The first-order chi connectivity index (χ1) is 15.6. The lowest BCUT2D eigenvalue weighted by Crippen LogP contribution is -2.25. The molecule has 0 aliphatic carbocycles. The van der Waals surface area contributed by atoms with Gasteiger partial charge in [-0.05, 0) is 37.3 Å². The molecule has 0 N–H and O–H groups in total. The third-order valence-corrected chi connectivity index (χ3v) is 5.31. The van der Waals surface area contributed by atoms with E-state index in [0.29, 0.717) is 23.6 Å². The van der Waals surface area contributed by atoms with Crippen LogP contribution in [0.1, 0.15) is 12.8 Å². The fourth-order valence-electron chi connectivity index (χ4n) is 3.27. The highest BCUT2D eigenvalue weighted by molar-refractivity contribution is 9.10. The van der Waals surface area contributed by atoms with Gasteiger partial charge in [-0.3, -0.25) is 4.79 Å². The number of aromatic nitrogens is 6. The van der Waals surface area contributed by atoms with Crippen LogP contribution in [0.4, 0.5) is 0 Å². The van der Waals surface area contributed by atoms with Gasteiger partial charge in [-0.15, -0.1) is 0 Å². The molecule has 0 fully saturated rings. The first kappa shape index (κ1) is 20.1. The number of rotatable bonds is 6. The lowest BCUT2D eigenvalue weighted by molar-refractivity contribution is 0.340. The lowest BCUT2D eigenvalue weighted by Gasteiger charge is -2.03. The second kappa shape index (κ2) is 8.39. The van der Waals surface area contributed by atoms with Gasteiger partial charge in [0, 0.05) is 15.6 Å². The molecular formula is C22H17BrN6O3. The van der Waals surface area contributed by atoms with E-state index in [1.54, 1.807) is 6.07 Å². The molecule has 0 atom stereocenters. The molecule has 10 heteroatoms. The summed E-state index contributed by atoms with van der Waals surface area (Å²) in [6.07, 6.45) is 1.49. The molecule has 3 heterocycles. The van der Waals surface area contributed by atoms with Crippen molar-refractivity contribution < 1.29 is 9.26 Å². The maximum atomic E-state index is 13.0. The summed E-state index contributed by atoms with van der Waals surface area (Å²) in [6.45, 7) is 2.53. The van der Waals surface area contributed by atoms with E-state index in [0.717, 1.165) is 21.3 Å². The minimum Gasteiger partial charge on any atom is -0.494 e. The largest absolute Gasteiger partial charge is 0.494 e. The quantitative estimate of drug-likeness (QED) is 0.355. The van der Waals surface area contributed by atoms with Crippen LogP contribution in [0.3, 0.4) is 0 Å². The van der Waals surface area contributed by atoms with Gasteiger partial charge in [0.05, 0.1) is 12.3 Å². The molecule has 32 heavy (non-hydrogen) atoms. The van der Waals surface area contributed by atoms with Gasteiger partial charge < -0.3 is 9.26 Å². The van der Waals surface area contributed by atoms with Crippen LogP contribution in [0.25, 0.3) is 28.2 Å². The molecule has 9 nitrogen and oxygen atoms in total. The van der Waals surface area contributed by atoms with Gasteiger partial charge in [0.15, 0.2) is 0 Å². The molecule has 0 radical (unpaired) electrons. The van der Waals surface area contributed by atoms with Crippen LogP contribution in [-0.2, 0) is 6.54 Å². The normalized spacial score (nSPS) is 11.2. The molecule has 3 aromatic heterocycles. The average molecular weight is 493 g/mol. The van der Waals surface area contributed by atoms with Crippen molar-refractivity contribution in [2.75, 3.05) is 6.61 Å². The SMILES string of the molecule is CCOc1cccc(-c2noc(Cn3ncn4nc(-c5ccc(Br)cc5)cc4c3=O)n2)c1. The second-order valence-electron chi connectivity index (χ2n) is 6.93. The first-order valence-corrected chi connectivity index (χ1v) is 10.7. The Hall–Kier alpha value is -3.79. The number of ether oxygens (including phenoxy) is 1. The van der Waals surface area contributed by atoms with Crippen LogP contribution in [0, 0.1) is 0 Å². The lowest BCUT2D eigenvalue weighted by atomic mass is 10.1. The van der Waals surface area contributed by atoms with E-state index in [-0.39, 0.29) is 18.0 Å². The summed E-state index contributed by atoms with van der Waals surface area (Å²) >= 11 is 3.42. The molecule has 0 saturated heterocycles. The molecule has 0 amide bonds. The van der Waals surface area contributed by atoms with Crippen LogP contribution in [0.15, 0.2) is 74.7 Å². The third-order valence-electron chi connectivity index (χ3n) is 4.79. The van der Waals surface area contributed by atoms with Crippen LogP contribution in [-0.4, -0.2) is 36.1 Å². The van der Waals surface area contributed by atoms with Gasteiger partial charge in [-0.25, -0.2) is 9.20 Å². The Morgan fingerprint density at radius 1 is 1.09 bits per heavy atom. The zero-order valence-corrected chi connectivity index (χ0v) is 18.6. The molecule has 0 spiro atoms. The van der Waals surface area contributed by atoms with Gasteiger partial charge in [-0.2, -0.15) is 15.2 Å². The van der Waals surface area contributed by atoms with Gasteiger partial charge >= 0.3 is 0 Å². The van der Waals surface area contributed by atoms with Crippen molar-refractivity contribution in [1.29, 1.82) is 0 Å². The smallest absolute Gasteiger partial charge is 0.293 e. The van der Waals surface area contributed by atoms with Crippen molar-refractivity contribution in [3.05, 3.63) is 81.6 Å². The maximum Gasteiger partial charge on any atom is 0.293 e. The molecule has 2 aromatic carbocycles. The predicted octanol–water partition coefficient (Wildman–Crippen LogP) is 3.82. The Kier molecular flexibility index (Phi) is 5.28. The minimum atomic E-state index is -0.304. The van der Waals surface area contributed by atoms with Crippen molar-refractivity contribution in [3.63, 3.8) is 0 Å². The molecule has 0 aliphatic heterocycles. The number of fused-ring (bicyclic) bond motifs is 1. The Morgan fingerprint density at radius 3 is 2.75 bits per heavy atom. The van der Waals surface area contributed by atoms with Crippen LogP contribution >= 0.6 is 15.9 Å². The van der Waals surface area contributed by atoms with Gasteiger partial charge in [0.2, 0.25) is 11.7 Å².